The summed E-state index contributed by atoms with van der Waals surface area (Å²) in [5, 5.41) is 25.2. The van der Waals surface area contributed by atoms with Crippen LogP contribution in [-0.4, -0.2) is 30.6 Å². The zero-order chi connectivity index (χ0) is 22.3. The van der Waals surface area contributed by atoms with Crippen molar-refractivity contribution in [1.82, 2.24) is 0 Å². The molecule has 3 unspecified atom stereocenters. The van der Waals surface area contributed by atoms with Gasteiger partial charge in [0.1, 0.15) is 5.82 Å². The topological polar surface area (TPSA) is 135 Å². The highest BCUT2D eigenvalue weighted by molar-refractivity contribution is 7.89. The molecular formula is C21H22FNO6S. The van der Waals surface area contributed by atoms with Crippen molar-refractivity contribution in [1.29, 1.82) is 0 Å². The molecule has 0 aliphatic heterocycles. The van der Waals surface area contributed by atoms with E-state index in [4.69, 9.17) is 5.14 Å². The van der Waals surface area contributed by atoms with Crippen LogP contribution in [0.2, 0.25) is 0 Å². The average Bonchev–Trinajstić information content (AvgIpc) is 2.67. The van der Waals surface area contributed by atoms with Crippen LogP contribution in [0.3, 0.4) is 0 Å². The number of halogens is 1. The standard InChI is InChI=1S/C21H22FNO6S/c1-20(18(24)25)10-14(13-2-6-16(22)7-3-13)11-21(12-20,19(26)27)15-4-8-17(9-5-15)30(23,28)29/h2-9,14H,10-12H2,1H3,(H,24,25)(H,26,27)(H2,23,28,29). The highest BCUT2D eigenvalue weighted by Crippen LogP contribution is 2.53. The van der Waals surface area contributed by atoms with Crippen molar-refractivity contribution in [3.63, 3.8) is 0 Å². The van der Waals surface area contributed by atoms with Gasteiger partial charge in [-0.1, -0.05) is 24.3 Å². The maximum absolute atomic E-state index is 13.4. The molecule has 0 bridgehead atoms. The Kier molecular flexibility index (Phi) is 5.46. The van der Waals surface area contributed by atoms with Crippen LogP contribution < -0.4 is 5.14 Å². The number of carboxylic acid groups (broad SMARTS) is 2. The van der Waals surface area contributed by atoms with Crippen LogP contribution in [0.15, 0.2) is 53.4 Å². The fourth-order valence-corrected chi connectivity index (χ4v) is 4.97. The van der Waals surface area contributed by atoms with Gasteiger partial charge in [-0.3, -0.25) is 9.59 Å². The summed E-state index contributed by atoms with van der Waals surface area (Å²) in [6.45, 7) is 1.50. The van der Waals surface area contributed by atoms with E-state index in [0.29, 0.717) is 11.1 Å². The molecule has 7 nitrogen and oxygen atoms in total. The molecule has 3 atom stereocenters. The van der Waals surface area contributed by atoms with Crippen molar-refractivity contribution in [2.24, 2.45) is 10.6 Å². The van der Waals surface area contributed by atoms with Gasteiger partial charge < -0.3 is 10.2 Å². The van der Waals surface area contributed by atoms with E-state index < -0.39 is 44.5 Å². The van der Waals surface area contributed by atoms with Gasteiger partial charge >= 0.3 is 11.9 Å². The normalized spacial score (nSPS) is 26.8. The molecular weight excluding hydrogens is 413 g/mol. The molecule has 2 aromatic rings. The van der Waals surface area contributed by atoms with Crippen LogP contribution in [0.1, 0.15) is 43.2 Å². The number of aliphatic carboxylic acids is 2. The molecule has 2 aromatic carbocycles. The average molecular weight is 435 g/mol. The number of primary sulfonamides is 1. The van der Waals surface area contributed by atoms with E-state index >= 15 is 0 Å². The first-order valence-electron chi connectivity index (χ1n) is 9.23. The molecule has 0 spiro atoms. The second-order valence-corrected chi connectivity index (χ2v) is 9.72. The van der Waals surface area contributed by atoms with Gasteiger partial charge in [0.05, 0.1) is 15.7 Å². The van der Waals surface area contributed by atoms with Gasteiger partial charge in [-0.25, -0.2) is 17.9 Å². The molecule has 0 radical (unpaired) electrons. The van der Waals surface area contributed by atoms with Crippen molar-refractivity contribution in [2.45, 2.75) is 42.4 Å². The summed E-state index contributed by atoms with van der Waals surface area (Å²) in [5.74, 6) is -3.22. The zero-order valence-corrected chi connectivity index (χ0v) is 17.0. The summed E-state index contributed by atoms with van der Waals surface area (Å²) in [5.41, 5.74) is -1.98. The monoisotopic (exact) mass is 435 g/mol. The lowest BCUT2D eigenvalue weighted by Crippen LogP contribution is -2.49. The summed E-state index contributed by atoms with van der Waals surface area (Å²) >= 11 is 0. The predicted octanol–water partition coefficient (Wildman–Crippen LogP) is 2.85. The quantitative estimate of drug-likeness (QED) is 0.661. The Morgan fingerprint density at radius 2 is 1.57 bits per heavy atom. The van der Waals surface area contributed by atoms with Crippen LogP contribution >= 0.6 is 0 Å². The van der Waals surface area contributed by atoms with Crippen LogP contribution in [-0.2, 0) is 25.0 Å². The number of nitrogens with two attached hydrogens (primary N) is 1. The van der Waals surface area contributed by atoms with Gasteiger partial charge in [0, 0.05) is 0 Å². The van der Waals surface area contributed by atoms with Gasteiger partial charge in [0.2, 0.25) is 10.0 Å². The highest BCUT2D eigenvalue weighted by atomic mass is 32.2. The van der Waals surface area contributed by atoms with Crippen molar-refractivity contribution in [2.75, 3.05) is 0 Å². The second-order valence-electron chi connectivity index (χ2n) is 8.16. The minimum atomic E-state index is -3.96. The summed E-state index contributed by atoms with van der Waals surface area (Å²) < 4.78 is 36.5. The van der Waals surface area contributed by atoms with Crippen LogP contribution in [0.5, 0.6) is 0 Å². The molecule has 4 N–H and O–H groups in total. The van der Waals surface area contributed by atoms with E-state index in [1.54, 1.807) is 0 Å². The van der Waals surface area contributed by atoms with Crippen LogP contribution in [0, 0.1) is 11.2 Å². The third-order valence-corrected chi connectivity index (χ3v) is 6.92. The SMILES string of the molecule is CC1(C(=O)O)CC(c2ccc(F)cc2)CC(C(=O)O)(c2ccc(S(N)(=O)=O)cc2)C1. The largest absolute Gasteiger partial charge is 0.481 e. The fraction of sp³-hybridized carbons (Fsp3) is 0.333. The van der Waals surface area contributed by atoms with Crippen molar-refractivity contribution >= 4 is 22.0 Å². The van der Waals surface area contributed by atoms with Gasteiger partial charge in [-0.15, -0.1) is 0 Å². The Morgan fingerprint density at radius 3 is 2.03 bits per heavy atom. The predicted molar refractivity (Wildman–Crippen MR) is 106 cm³/mol. The Labute approximate surface area is 173 Å². The van der Waals surface area contributed by atoms with E-state index in [-0.39, 0.29) is 24.2 Å². The molecule has 0 amide bonds. The van der Waals surface area contributed by atoms with Gasteiger partial charge in [-0.2, -0.15) is 0 Å². The lowest BCUT2D eigenvalue weighted by molar-refractivity contribution is -0.157. The van der Waals surface area contributed by atoms with Gasteiger partial charge in [0.25, 0.3) is 0 Å². The Hall–Kier alpha value is -2.78. The molecule has 30 heavy (non-hydrogen) atoms. The third kappa shape index (κ3) is 3.95. The van der Waals surface area contributed by atoms with E-state index in [1.165, 1.54) is 55.5 Å². The van der Waals surface area contributed by atoms with Crippen molar-refractivity contribution < 1.29 is 32.6 Å². The summed E-state index contributed by atoms with van der Waals surface area (Å²) in [7, 11) is -3.96. The molecule has 1 aliphatic carbocycles. The highest BCUT2D eigenvalue weighted by Gasteiger charge is 2.55. The molecule has 1 aliphatic rings. The molecule has 9 heteroatoms. The smallest absolute Gasteiger partial charge is 0.314 e. The van der Waals surface area contributed by atoms with Crippen LogP contribution in [0.25, 0.3) is 0 Å². The lowest BCUT2D eigenvalue weighted by atomic mass is 9.56. The first-order chi connectivity index (χ1) is 13.9. The Morgan fingerprint density at radius 1 is 1.00 bits per heavy atom. The number of carbonyl (C=O) groups is 2. The molecule has 1 saturated carbocycles. The number of sulfonamides is 1. The van der Waals surface area contributed by atoms with E-state index in [0.717, 1.165) is 0 Å². The fourth-order valence-electron chi connectivity index (χ4n) is 4.45. The van der Waals surface area contributed by atoms with Crippen molar-refractivity contribution in [3.05, 3.63) is 65.5 Å². The molecule has 1 fully saturated rings. The maximum atomic E-state index is 13.4. The summed E-state index contributed by atoms with van der Waals surface area (Å²) in [4.78, 5) is 24.4. The number of benzene rings is 2. The van der Waals surface area contributed by atoms with Gasteiger partial charge in [0.15, 0.2) is 0 Å². The first kappa shape index (κ1) is 21.9. The van der Waals surface area contributed by atoms with E-state index in [1.807, 2.05) is 0 Å². The number of carboxylic acids is 2. The van der Waals surface area contributed by atoms with Gasteiger partial charge in [-0.05, 0) is 67.5 Å². The van der Waals surface area contributed by atoms with Crippen molar-refractivity contribution in [3.8, 4) is 0 Å². The molecule has 0 saturated heterocycles. The number of hydrogen-bond donors (Lipinski definition) is 3. The zero-order valence-electron chi connectivity index (χ0n) is 16.2. The molecule has 0 heterocycles. The molecule has 160 valence electrons. The minimum absolute atomic E-state index is 0.0888. The van der Waals surface area contributed by atoms with Crippen LogP contribution in [0.4, 0.5) is 4.39 Å². The first-order valence-corrected chi connectivity index (χ1v) is 10.8. The number of hydrogen-bond acceptors (Lipinski definition) is 4. The lowest BCUT2D eigenvalue weighted by Gasteiger charge is -2.46. The summed E-state index contributed by atoms with van der Waals surface area (Å²) in [6.07, 6.45) is 0.112. The van der Waals surface area contributed by atoms with E-state index in [9.17, 15) is 32.6 Å². The Bertz CT molecular complexity index is 1080. The third-order valence-electron chi connectivity index (χ3n) is 5.99. The minimum Gasteiger partial charge on any atom is -0.481 e. The molecule has 0 aromatic heterocycles. The Balaban J connectivity index is 2.14. The molecule has 3 rings (SSSR count). The maximum Gasteiger partial charge on any atom is 0.314 e. The second kappa shape index (κ2) is 7.48. The number of rotatable bonds is 5. The summed E-state index contributed by atoms with van der Waals surface area (Å²) in [6, 6.07) is 10.7. The van der Waals surface area contributed by atoms with E-state index in [2.05, 4.69) is 0 Å².